The molecule has 0 bridgehead atoms. The van der Waals surface area contributed by atoms with E-state index in [-0.39, 0.29) is 29.9 Å². The first-order valence-corrected chi connectivity index (χ1v) is 12.0. The zero-order valence-electron chi connectivity index (χ0n) is 18.2. The van der Waals surface area contributed by atoms with Crippen LogP contribution in [0.3, 0.4) is 0 Å². The molecule has 8 nitrogen and oxygen atoms in total. The lowest BCUT2D eigenvalue weighted by Gasteiger charge is -2.33. The molecule has 2 aliphatic heterocycles. The van der Waals surface area contributed by atoms with Crippen LogP contribution in [0.4, 0.5) is 4.39 Å². The summed E-state index contributed by atoms with van der Waals surface area (Å²) >= 11 is 6.11. The third-order valence-electron chi connectivity index (χ3n) is 6.51. The van der Waals surface area contributed by atoms with E-state index in [0.717, 1.165) is 55.9 Å². The van der Waals surface area contributed by atoms with Crippen molar-refractivity contribution in [3.63, 3.8) is 0 Å². The van der Waals surface area contributed by atoms with E-state index in [4.69, 9.17) is 16.3 Å². The maximum absolute atomic E-state index is 14.6. The first kappa shape index (κ1) is 22.3. The van der Waals surface area contributed by atoms with E-state index in [1.54, 1.807) is 12.4 Å². The quantitative estimate of drug-likeness (QED) is 0.532. The van der Waals surface area contributed by atoms with Gasteiger partial charge < -0.3 is 20.4 Å². The highest BCUT2D eigenvalue weighted by Crippen LogP contribution is 2.25. The van der Waals surface area contributed by atoms with Crippen molar-refractivity contribution in [1.29, 1.82) is 0 Å². The predicted octanol–water partition coefficient (Wildman–Crippen LogP) is 3.29. The van der Waals surface area contributed by atoms with Crippen LogP contribution >= 0.6 is 11.6 Å². The van der Waals surface area contributed by atoms with Gasteiger partial charge in [0.25, 0.3) is 0 Å². The molecule has 2 unspecified atom stereocenters. The Hall–Kier alpha value is -2.49. The average Bonchev–Trinajstić information content (AvgIpc) is 3.24. The van der Waals surface area contributed by atoms with Gasteiger partial charge in [-0.3, -0.25) is 10.1 Å². The Morgan fingerprint density at radius 2 is 2.09 bits per heavy atom. The Kier molecular flexibility index (Phi) is 6.62. The molecule has 5 rings (SSSR count). The lowest BCUT2D eigenvalue weighted by atomic mass is 9.90. The van der Waals surface area contributed by atoms with Crippen molar-refractivity contribution in [2.24, 2.45) is 4.99 Å². The molecule has 1 aliphatic carbocycles. The number of H-pyrrole nitrogens is 1. The summed E-state index contributed by atoms with van der Waals surface area (Å²) < 4.78 is 20.3. The van der Waals surface area contributed by atoms with Gasteiger partial charge in [0.1, 0.15) is 17.6 Å². The van der Waals surface area contributed by atoms with E-state index in [1.807, 2.05) is 6.07 Å². The molecule has 3 aliphatic rings. The Morgan fingerprint density at radius 1 is 1.21 bits per heavy atom. The smallest absolute Gasteiger partial charge is 0.249 e. The van der Waals surface area contributed by atoms with Crippen molar-refractivity contribution in [3.8, 4) is 0 Å². The van der Waals surface area contributed by atoms with Gasteiger partial charge in [-0.2, -0.15) is 0 Å². The maximum atomic E-state index is 14.6. The number of ether oxygens (including phenoxy) is 1. The topological polar surface area (TPSA) is 103 Å². The van der Waals surface area contributed by atoms with Crippen LogP contribution < -0.4 is 16.0 Å². The van der Waals surface area contributed by atoms with Gasteiger partial charge in [-0.05, 0) is 51.0 Å². The number of aromatic amines is 1. The molecule has 4 N–H and O–H groups in total. The van der Waals surface area contributed by atoms with Crippen LogP contribution in [-0.2, 0) is 9.53 Å². The Morgan fingerprint density at radius 3 is 2.94 bits per heavy atom. The fourth-order valence-corrected chi connectivity index (χ4v) is 4.98. The molecular weight excluding hydrogens is 447 g/mol. The third kappa shape index (κ3) is 5.05. The molecule has 0 spiro atoms. The second kappa shape index (κ2) is 9.79. The molecule has 0 radical (unpaired) electrons. The van der Waals surface area contributed by atoms with Gasteiger partial charge in [-0.15, -0.1) is 0 Å². The van der Waals surface area contributed by atoms with Crippen LogP contribution in [0.1, 0.15) is 50.5 Å². The number of amidine groups is 1. The molecule has 2 aromatic rings. The van der Waals surface area contributed by atoms with Crippen LogP contribution in [0.15, 0.2) is 35.5 Å². The van der Waals surface area contributed by atoms with E-state index in [9.17, 15) is 9.18 Å². The Labute approximate surface area is 196 Å². The van der Waals surface area contributed by atoms with Crippen molar-refractivity contribution in [3.05, 3.63) is 41.1 Å². The van der Waals surface area contributed by atoms with Crippen molar-refractivity contribution >= 4 is 34.4 Å². The van der Waals surface area contributed by atoms with Crippen molar-refractivity contribution in [2.45, 2.75) is 69.3 Å². The van der Waals surface area contributed by atoms with Crippen molar-refractivity contribution in [2.75, 3.05) is 6.61 Å². The first-order valence-electron chi connectivity index (χ1n) is 11.6. The SMILES string of the molecule is O=C(N[C@H]1CCC[C@@H](NC2N=C(c3c[nH]c4ncc(Cl)cc34)NC=C2F)C1)C1CCCCO1. The van der Waals surface area contributed by atoms with Crippen LogP contribution in [0.25, 0.3) is 11.0 Å². The second-order valence-corrected chi connectivity index (χ2v) is 9.33. The van der Waals surface area contributed by atoms with Gasteiger partial charge in [0.15, 0.2) is 12.0 Å². The van der Waals surface area contributed by atoms with Crippen molar-refractivity contribution in [1.82, 2.24) is 25.9 Å². The van der Waals surface area contributed by atoms with Crippen LogP contribution in [0.2, 0.25) is 5.02 Å². The zero-order chi connectivity index (χ0) is 22.8. The number of carbonyl (C=O) groups excluding carboxylic acids is 1. The highest BCUT2D eigenvalue weighted by atomic mass is 35.5. The van der Waals surface area contributed by atoms with Gasteiger partial charge in [0.2, 0.25) is 5.91 Å². The van der Waals surface area contributed by atoms with E-state index in [2.05, 4.69) is 30.9 Å². The number of halogens is 2. The molecule has 4 heterocycles. The summed E-state index contributed by atoms with van der Waals surface area (Å²) in [7, 11) is 0. The molecule has 2 fully saturated rings. The summed E-state index contributed by atoms with van der Waals surface area (Å²) in [5.41, 5.74) is 1.46. The number of pyridine rings is 1. The summed E-state index contributed by atoms with van der Waals surface area (Å²) in [5.74, 6) is 0.135. The Bertz CT molecular complexity index is 1080. The summed E-state index contributed by atoms with van der Waals surface area (Å²) in [4.78, 5) is 24.5. The van der Waals surface area contributed by atoms with Crippen LogP contribution in [0, 0.1) is 0 Å². The third-order valence-corrected chi connectivity index (χ3v) is 6.71. The van der Waals surface area contributed by atoms with Gasteiger partial charge in [-0.1, -0.05) is 11.6 Å². The van der Waals surface area contributed by atoms with Gasteiger partial charge in [0, 0.05) is 48.2 Å². The van der Waals surface area contributed by atoms with Crippen molar-refractivity contribution < 1.29 is 13.9 Å². The fraction of sp³-hybridized carbons (Fsp3) is 0.522. The molecular formula is C23H28ClFN6O2. The number of amides is 1. The second-order valence-electron chi connectivity index (χ2n) is 8.90. The van der Waals surface area contributed by atoms with Gasteiger partial charge in [0.05, 0.1) is 5.02 Å². The number of carbonyl (C=O) groups is 1. The number of nitrogens with zero attached hydrogens (tertiary/aromatic N) is 2. The monoisotopic (exact) mass is 474 g/mol. The normalized spacial score (nSPS) is 28.1. The summed E-state index contributed by atoms with van der Waals surface area (Å²) in [6.07, 6.45) is 9.86. The molecule has 1 saturated carbocycles. The molecule has 0 aromatic carbocycles. The van der Waals surface area contributed by atoms with Gasteiger partial charge in [-0.25, -0.2) is 14.4 Å². The van der Waals surface area contributed by atoms with E-state index >= 15 is 0 Å². The number of hydrogen-bond donors (Lipinski definition) is 4. The minimum absolute atomic E-state index is 0.0276. The van der Waals surface area contributed by atoms with Gasteiger partial charge >= 0.3 is 0 Å². The summed E-state index contributed by atoms with van der Waals surface area (Å²) in [6, 6.07) is 1.90. The molecule has 176 valence electrons. The number of hydrogen-bond acceptors (Lipinski definition) is 6. The van der Waals surface area contributed by atoms with Crippen LogP contribution in [-0.4, -0.2) is 52.7 Å². The molecule has 2 aromatic heterocycles. The average molecular weight is 475 g/mol. The number of rotatable bonds is 5. The minimum atomic E-state index is -0.792. The Balaban J connectivity index is 1.25. The number of aromatic nitrogens is 2. The van der Waals surface area contributed by atoms with Crippen LogP contribution in [0.5, 0.6) is 0 Å². The summed E-state index contributed by atoms with van der Waals surface area (Å²) in [6.45, 7) is 0.646. The lowest BCUT2D eigenvalue weighted by Crippen LogP contribution is -2.50. The molecule has 10 heteroatoms. The largest absolute Gasteiger partial charge is 0.368 e. The minimum Gasteiger partial charge on any atom is -0.368 e. The standard InChI is InChI=1S/C23H28ClFN6O2/c24-13-8-16-17(11-27-20(16)26-10-13)21-28-12-18(25)22(31-21)29-14-4-3-5-15(9-14)30-23(32)19-6-1-2-7-33-19/h8,10-12,14-15,19,22,29H,1-7,9H2,(H,26,27)(H,28,31)(H,30,32)/t14-,15+,19?,22?/m1/s1. The lowest BCUT2D eigenvalue weighted by molar-refractivity contribution is -0.136. The molecule has 1 saturated heterocycles. The van der Waals surface area contributed by atoms with E-state index < -0.39 is 6.17 Å². The van der Waals surface area contributed by atoms with E-state index in [0.29, 0.717) is 23.1 Å². The first-order chi connectivity index (χ1) is 16.1. The number of nitrogens with one attached hydrogen (secondary N) is 4. The molecule has 33 heavy (non-hydrogen) atoms. The highest BCUT2D eigenvalue weighted by Gasteiger charge is 2.30. The molecule has 1 amide bonds. The fourth-order valence-electron chi connectivity index (χ4n) is 4.82. The summed E-state index contributed by atoms with van der Waals surface area (Å²) in [5, 5.41) is 10.7. The number of aliphatic imine (C=N–C) groups is 1. The van der Waals surface area contributed by atoms with E-state index in [1.165, 1.54) is 6.20 Å². The predicted molar refractivity (Wildman–Crippen MR) is 125 cm³/mol. The maximum Gasteiger partial charge on any atom is 0.249 e. The molecule has 4 atom stereocenters. The highest BCUT2D eigenvalue weighted by molar-refractivity contribution is 6.31. The zero-order valence-corrected chi connectivity index (χ0v) is 19.0. The number of fused-ring (bicyclic) bond motifs is 1.